The smallest absolute Gasteiger partial charge is 0.101 e. The Labute approximate surface area is 92.1 Å². The Kier molecular flexibility index (Phi) is 3.36. The molecule has 0 bridgehead atoms. The van der Waals surface area contributed by atoms with Crippen LogP contribution in [-0.2, 0) is 0 Å². The quantitative estimate of drug-likeness (QED) is 0.752. The van der Waals surface area contributed by atoms with Crippen LogP contribution in [0.4, 0.5) is 5.69 Å². The van der Waals surface area contributed by atoms with Gasteiger partial charge in [-0.2, -0.15) is 5.26 Å². The lowest BCUT2D eigenvalue weighted by Crippen LogP contribution is -2.40. The molecule has 0 unspecified atom stereocenters. The van der Waals surface area contributed by atoms with E-state index in [1.807, 2.05) is 31.3 Å². The second kappa shape index (κ2) is 4.35. The fourth-order valence-electron chi connectivity index (χ4n) is 1.42. The molecule has 0 saturated heterocycles. The van der Waals surface area contributed by atoms with E-state index in [2.05, 4.69) is 31.7 Å². The summed E-state index contributed by atoms with van der Waals surface area (Å²) < 4.78 is 0. The Morgan fingerprint density at radius 1 is 1.33 bits per heavy atom. The summed E-state index contributed by atoms with van der Waals surface area (Å²) in [6.07, 6.45) is 1.04. The minimum Gasteiger partial charge on any atom is -0.368 e. The van der Waals surface area contributed by atoms with Gasteiger partial charge in [0.15, 0.2) is 0 Å². The van der Waals surface area contributed by atoms with Gasteiger partial charge in [0.2, 0.25) is 0 Å². The van der Waals surface area contributed by atoms with Crippen molar-refractivity contribution in [2.75, 3.05) is 11.9 Å². The van der Waals surface area contributed by atoms with Gasteiger partial charge in [0, 0.05) is 12.6 Å². The molecule has 0 atom stereocenters. The molecule has 1 aromatic rings. The lowest BCUT2D eigenvalue weighted by molar-refractivity contribution is 0.470. The van der Waals surface area contributed by atoms with Crippen LogP contribution in [-0.4, -0.2) is 12.6 Å². The zero-order chi connectivity index (χ0) is 11.5. The van der Waals surface area contributed by atoms with Gasteiger partial charge >= 0.3 is 0 Å². The zero-order valence-corrected chi connectivity index (χ0v) is 9.91. The normalized spacial score (nSPS) is 10.9. The molecule has 0 aliphatic rings. The third-order valence-electron chi connectivity index (χ3n) is 3.16. The summed E-state index contributed by atoms with van der Waals surface area (Å²) >= 11 is 0. The monoisotopic (exact) mass is 202 g/mol. The maximum absolute atomic E-state index is 9.03. The van der Waals surface area contributed by atoms with Crippen molar-refractivity contribution in [1.29, 1.82) is 5.26 Å². The minimum absolute atomic E-state index is 0.0763. The van der Waals surface area contributed by atoms with Crippen LogP contribution in [0.2, 0.25) is 0 Å². The summed E-state index contributed by atoms with van der Waals surface area (Å²) in [5.41, 5.74) is 1.82. The van der Waals surface area contributed by atoms with Gasteiger partial charge in [0.25, 0.3) is 0 Å². The summed E-state index contributed by atoms with van der Waals surface area (Å²) in [6.45, 7) is 6.52. The third-order valence-corrected chi connectivity index (χ3v) is 3.16. The van der Waals surface area contributed by atoms with Crippen molar-refractivity contribution in [3.63, 3.8) is 0 Å². The van der Waals surface area contributed by atoms with E-state index in [0.29, 0.717) is 0 Å². The van der Waals surface area contributed by atoms with Crippen LogP contribution in [0.15, 0.2) is 24.3 Å². The van der Waals surface area contributed by atoms with Gasteiger partial charge in [-0.15, -0.1) is 0 Å². The number of nitrogens with zero attached hydrogens (tertiary/aromatic N) is 2. The third kappa shape index (κ3) is 2.30. The van der Waals surface area contributed by atoms with Crippen LogP contribution in [0.1, 0.15) is 32.8 Å². The van der Waals surface area contributed by atoms with E-state index in [1.165, 1.54) is 0 Å². The van der Waals surface area contributed by atoms with E-state index in [-0.39, 0.29) is 5.54 Å². The molecule has 2 nitrogen and oxygen atoms in total. The molecule has 1 rings (SSSR count). The van der Waals surface area contributed by atoms with Crippen molar-refractivity contribution in [1.82, 2.24) is 0 Å². The standard InChI is InChI=1S/C13H18N2/c1-5-13(2,3)15(4)12-9-7-6-8-11(12)10-14/h6-9H,5H2,1-4H3. The Morgan fingerprint density at radius 3 is 2.47 bits per heavy atom. The highest BCUT2D eigenvalue weighted by molar-refractivity contribution is 5.60. The molecule has 0 amide bonds. The Hall–Kier alpha value is -1.49. The maximum Gasteiger partial charge on any atom is 0.101 e. The van der Waals surface area contributed by atoms with Crippen LogP contribution in [0.3, 0.4) is 0 Å². The molecule has 80 valence electrons. The first-order chi connectivity index (χ1) is 7.03. The minimum atomic E-state index is 0.0763. The number of hydrogen-bond acceptors (Lipinski definition) is 2. The molecule has 0 aromatic heterocycles. The SMILES string of the molecule is CCC(C)(C)N(C)c1ccccc1C#N. The first-order valence-corrected chi connectivity index (χ1v) is 5.26. The molecule has 0 aliphatic heterocycles. The molecule has 0 heterocycles. The molecule has 2 heteroatoms. The fourth-order valence-corrected chi connectivity index (χ4v) is 1.42. The van der Waals surface area contributed by atoms with E-state index < -0.39 is 0 Å². The van der Waals surface area contributed by atoms with Crippen molar-refractivity contribution < 1.29 is 0 Å². The summed E-state index contributed by atoms with van der Waals surface area (Å²) in [4.78, 5) is 2.17. The predicted octanol–water partition coefficient (Wildman–Crippen LogP) is 3.18. The summed E-state index contributed by atoms with van der Waals surface area (Å²) in [7, 11) is 2.04. The molecule has 0 saturated carbocycles. The average Bonchev–Trinajstić information content (AvgIpc) is 2.28. The largest absolute Gasteiger partial charge is 0.368 e. The number of para-hydroxylation sites is 1. The predicted molar refractivity (Wildman–Crippen MR) is 63.9 cm³/mol. The van der Waals surface area contributed by atoms with Crippen LogP contribution in [0.25, 0.3) is 0 Å². The summed E-state index contributed by atoms with van der Waals surface area (Å²) in [5, 5.41) is 9.03. The lowest BCUT2D eigenvalue weighted by atomic mass is 9.98. The van der Waals surface area contributed by atoms with Gasteiger partial charge in [0.1, 0.15) is 6.07 Å². The van der Waals surface area contributed by atoms with Gasteiger partial charge in [0.05, 0.1) is 11.3 Å². The van der Waals surface area contributed by atoms with E-state index in [1.54, 1.807) is 0 Å². The second-order valence-electron chi connectivity index (χ2n) is 4.35. The van der Waals surface area contributed by atoms with E-state index in [0.717, 1.165) is 17.7 Å². The molecular formula is C13H18N2. The van der Waals surface area contributed by atoms with Gasteiger partial charge in [-0.05, 0) is 32.4 Å². The van der Waals surface area contributed by atoms with Crippen molar-refractivity contribution in [2.24, 2.45) is 0 Å². The number of hydrogen-bond donors (Lipinski definition) is 0. The van der Waals surface area contributed by atoms with Gasteiger partial charge < -0.3 is 4.90 Å². The highest BCUT2D eigenvalue weighted by atomic mass is 15.2. The average molecular weight is 202 g/mol. The fraction of sp³-hybridized carbons (Fsp3) is 0.462. The van der Waals surface area contributed by atoms with Crippen molar-refractivity contribution in [3.05, 3.63) is 29.8 Å². The van der Waals surface area contributed by atoms with Gasteiger partial charge in [-0.1, -0.05) is 19.1 Å². The molecule has 1 aromatic carbocycles. The topological polar surface area (TPSA) is 27.0 Å². The van der Waals surface area contributed by atoms with Gasteiger partial charge in [-0.3, -0.25) is 0 Å². The zero-order valence-electron chi connectivity index (χ0n) is 9.91. The first-order valence-electron chi connectivity index (χ1n) is 5.26. The summed E-state index contributed by atoms with van der Waals surface area (Å²) in [5.74, 6) is 0. The molecule has 0 spiro atoms. The highest BCUT2D eigenvalue weighted by Gasteiger charge is 2.22. The number of nitriles is 1. The molecule has 0 aliphatic carbocycles. The Balaban J connectivity index is 3.12. The Bertz CT molecular complexity index is 374. The molecular weight excluding hydrogens is 184 g/mol. The molecule has 15 heavy (non-hydrogen) atoms. The Morgan fingerprint density at radius 2 is 1.93 bits per heavy atom. The second-order valence-corrected chi connectivity index (χ2v) is 4.35. The molecule has 0 N–H and O–H groups in total. The molecule has 0 radical (unpaired) electrons. The van der Waals surface area contributed by atoms with Crippen molar-refractivity contribution >= 4 is 5.69 Å². The highest BCUT2D eigenvalue weighted by Crippen LogP contribution is 2.27. The number of rotatable bonds is 3. The van der Waals surface area contributed by atoms with E-state index >= 15 is 0 Å². The van der Waals surface area contributed by atoms with Crippen molar-refractivity contribution in [2.45, 2.75) is 32.7 Å². The number of anilines is 1. The number of benzene rings is 1. The van der Waals surface area contributed by atoms with Crippen LogP contribution in [0.5, 0.6) is 0 Å². The molecule has 0 fully saturated rings. The van der Waals surface area contributed by atoms with Crippen LogP contribution >= 0.6 is 0 Å². The van der Waals surface area contributed by atoms with E-state index in [9.17, 15) is 0 Å². The van der Waals surface area contributed by atoms with Crippen molar-refractivity contribution in [3.8, 4) is 6.07 Å². The lowest BCUT2D eigenvalue weighted by Gasteiger charge is -2.37. The van der Waals surface area contributed by atoms with Crippen LogP contribution < -0.4 is 4.90 Å². The van der Waals surface area contributed by atoms with E-state index in [4.69, 9.17) is 5.26 Å². The first kappa shape index (κ1) is 11.6. The van der Waals surface area contributed by atoms with Gasteiger partial charge in [-0.25, -0.2) is 0 Å². The van der Waals surface area contributed by atoms with Crippen LogP contribution in [0, 0.1) is 11.3 Å². The maximum atomic E-state index is 9.03. The summed E-state index contributed by atoms with van der Waals surface area (Å²) in [6, 6.07) is 9.95.